The van der Waals surface area contributed by atoms with E-state index in [-0.39, 0.29) is 36.8 Å². The van der Waals surface area contributed by atoms with Gasteiger partial charge in [-0.15, -0.1) is 0 Å². The van der Waals surface area contributed by atoms with Crippen molar-refractivity contribution in [2.24, 2.45) is 11.8 Å². The zero-order valence-corrected chi connectivity index (χ0v) is 18.3. The number of aromatic nitrogens is 2. The smallest absolute Gasteiger partial charge is 0.329 e. The van der Waals surface area contributed by atoms with Crippen LogP contribution >= 0.6 is 0 Å². The van der Waals surface area contributed by atoms with E-state index >= 15 is 4.39 Å². The number of nitrogens with one attached hydrogen (secondary N) is 1. The highest BCUT2D eigenvalue weighted by atomic mass is 19.3. The van der Waals surface area contributed by atoms with E-state index in [9.17, 15) is 32.3 Å². The summed E-state index contributed by atoms with van der Waals surface area (Å²) in [5, 5.41) is 9.68. The van der Waals surface area contributed by atoms with Crippen LogP contribution in [0.4, 0.5) is 27.6 Å². The van der Waals surface area contributed by atoms with Crippen LogP contribution in [0.2, 0.25) is 0 Å². The Hall–Kier alpha value is -2.63. The number of methoxy groups -OCH3 is 1. The molecule has 1 aromatic carbocycles. The molecule has 3 aliphatic rings. The number of anilines is 1. The van der Waals surface area contributed by atoms with Gasteiger partial charge in [-0.05, 0) is 31.6 Å². The third-order valence-electron chi connectivity index (χ3n) is 7.35. The maximum Gasteiger partial charge on any atom is 0.329 e. The van der Waals surface area contributed by atoms with Crippen molar-refractivity contribution in [1.29, 1.82) is 0 Å². The van der Waals surface area contributed by atoms with E-state index in [1.807, 2.05) is 4.98 Å². The summed E-state index contributed by atoms with van der Waals surface area (Å²) in [6.07, 6.45) is -4.15. The molecular weight excluding hydrogens is 465 g/mol. The van der Waals surface area contributed by atoms with Crippen LogP contribution in [0.3, 0.4) is 0 Å². The van der Waals surface area contributed by atoms with Crippen molar-refractivity contribution < 1.29 is 31.8 Å². The fraction of sp³-hybridized carbons (Fsp3) is 0.636. The lowest BCUT2D eigenvalue weighted by atomic mass is 9.89. The number of fused-ring (bicyclic) bond motifs is 2. The monoisotopic (exact) mass is 489 g/mol. The number of aliphatic hydroxyl groups excluding tert-OH is 1. The first-order valence-electron chi connectivity index (χ1n) is 11.2. The van der Waals surface area contributed by atoms with Gasteiger partial charge < -0.3 is 14.7 Å². The molecule has 1 aromatic heterocycles. The topological polar surface area (TPSA) is 87.6 Å². The quantitative estimate of drug-likeness (QED) is 0.644. The first-order chi connectivity index (χ1) is 16.1. The van der Waals surface area contributed by atoms with Gasteiger partial charge in [0.25, 0.3) is 17.9 Å². The molecule has 2 N–H and O–H groups in total. The number of alkyl halides is 4. The average molecular weight is 489 g/mol. The molecule has 7 nitrogen and oxygen atoms in total. The van der Waals surface area contributed by atoms with Crippen LogP contribution in [0.25, 0.3) is 10.9 Å². The molecule has 2 aliphatic carbocycles. The average Bonchev–Trinajstić information content (AvgIpc) is 3.52. The molecule has 2 heterocycles. The number of H-pyrrole nitrogens is 1. The van der Waals surface area contributed by atoms with Crippen molar-refractivity contribution in [1.82, 2.24) is 9.55 Å². The summed E-state index contributed by atoms with van der Waals surface area (Å²) in [4.78, 5) is 28.5. The molecule has 3 fully saturated rings. The summed E-state index contributed by atoms with van der Waals surface area (Å²) in [5.41, 5.74) is -3.79. The number of aliphatic hydroxyl groups is 1. The van der Waals surface area contributed by atoms with Gasteiger partial charge in [0.05, 0.1) is 18.1 Å². The predicted octanol–water partition coefficient (Wildman–Crippen LogP) is 3.34. The van der Waals surface area contributed by atoms with Crippen molar-refractivity contribution in [3.05, 3.63) is 32.2 Å². The SMILES string of the molecule is COc1c(N2CC3CCCC(F)(F)C(O)C3C2)c(F)c(C(F)F)c2c(=O)[nH]c(=O)n(C3CC3)c12. The van der Waals surface area contributed by atoms with Crippen molar-refractivity contribution in [3.8, 4) is 5.75 Å². The van der Waals surface area contributed by atoms with Crippen LogP contribution in [0.1, 0.15) is 50.1 Å². The molecule has 0 spiro atoms. The van der Waals surface area contributed by atoms with E-state index in [0.29, 0.717) is 19.3 Å². The van der Waals surface area contributed by atoms with Gasteiger partial charge in [-0.25, -0.2) is 26.7 Å². The minimum atomic E-state index is -3.39. The first-order valence-corrected chi connectivity index (χ1v) is 11.2. The lowest BCUT2D eigenvalue weighted by Crippen LogP contribution is -2.41. The second-order valence-electron chi connectivity index (χ2n) is 9.42. The Labute approximate surface area is 190 Å². The van der Waals surface area contributed by atoms with Crippen LogP contribution in [-0.4, -0.2) is 46.9 Å². The molecular formula is C22H24F5N3O4. The second-order valence-corrected chi connectivity index (χ2v) is 9.42. The van der Waals surface area contributed by atoms with Crippen LogP contribution in [0, 0.1) is 17.7 Å². The van der Waals surface area contributed by atoms with Crippen LogP contribution in [-0.2, 0) is 0 Å². The number of hydrogen-bond acceptors (Lipinski definition) is 5. The Kier molecular flexibility index (Phi) is 5.41. The highest BCUT2D eigenvalue weighted by Crippen LogP contribution is 2.49. The number of halogens is 5. The first kappa shape index (κ1) is 23.1. The Balaban J connectivity index is 1.76. The summed E-state index contributed by atoms with van der Waals surface area (Å²) in [6.45, 7) is -0.171. The molecule has 0 radical (unpaired) electrons. The maximum absolute atomic E-state index is 15.7. The van der Waals surface area contributed by atoms with Gasteiger partial charge in [0, 0.05) is 31.5 Å². The van der Waals surface area contributed by atoms with Gasteiger partial charge in [0.2, 0.25) is 0 Å². The number of nitrogens with zero attached hydrogens (tertiary/aromatic N) is 2. The molecule has 0 bridgehead atoms. The molecule has 3 unspecified atom stereocenters. The van der Waals surface area contributed by atoms with Gasteiger partial charge in [-0.1, -0.05) is 0 Å². The van der Waals surface area contributed by atoms with Gasteiger partial charge in [0.15, 0.2) is 11.6 Å². The largest absolute Gasteiger partial charge is 0.492 e. The van der Waals surface area contributed by atoms with E-state index in [4.69, 9.17) is 4.74 Å². The van der Waals surface area contributed by atoms with Crippen LogP contribution in [0.5, 0.6) is 5.75 Å². The van der Waals surface area contributed by atoms with E-state index < -0.39 is 70.4 Å². The number of ether oxygens (including phenoxy) is 1. The Morgan fingerprint density at radius 1 is 1.18 bits per heavy atom. The third-order valence-corrected chi connectivity index (χ3v) is 7.35. The van der Waals surface area contributed by atoms with Crippen molar-refractivity contribution in [2.75, 3.05) is 25.1 Å². The van der Waals surface area contributed by atoms with E-state index in [1.165, 1.54) is 12.0 Å². The molecule has 1 aliphatic heterocycles. The van der Waals surface area contributed by atoms with Gasteiger partial charge >= 0.3 is 5.69 Å². The van der Waals surface area contributed by atoms with Crippen LogP contribution < -0.4 is 20.9 Å². The molecule has 1 saturated heterocycles. The number of rotatable bonds is 4. The summed E-state index contributed by atoms with van der Waals surface area (Å²) in [6, 6.07) is -0.366. The molecule has 2 aromatic rings. The zero-order valence-electron chi connectivity index (χ0n) is 18.3. The molecule has 3 atom stereocenters. The number of hydrogen-bond donors (Lipinski definition) is 2. The Bertz CT molecular complexity index is 1260. The summed E-state index contributed by atoms with van der Waals surface area (Å²) >= 11 is 0. The van der Waals surface area contributed by atoms with Gasteiger partial charge in [-0.3, -0.25) is 14.3 Å². The normalized spacial score (nSPS) is 26.7. The minimum absolute atomic E-state index is 0.0378. The predicted molar refractivity (Wildman–Crippen MR) is 113 cm³/mol. The van der Waals surface area contributed by atoms with Crippen LogP contribution in [0.15, 0.2) is 9.59 Å². The number of benzene rings is 1. The standard InChI is InChI=1S/C22H24F5N3O4/c1-34-17-15-13(20(32)28-21(33)30(15)10-4-5-10)12(19(24)25)14(23)16(17)29-7-9-3-2-6-22(26,27)18(31)11(9)8-29/h9-11,18-19,31H,2-8H2,1H3,(H,28,32,33). The fourth-order valence-electron chi connectivity index (χ4n) is 5.64. The zero-order chi connectivity index (χ0) is 24.5. The Morgan fingerprint density at radius 2 is 1.88 bits per heavy atom. The molecule has 186 valence electrons. The number of aromatic amines is 1. The minimum Gasteiger partial charge on any atom is -0.492 e. The molecule has 0 amide bonds. The summed E-state index contributed by atoms with van der Waals surface area (Å²) in [5.74, 6) is -6.30. The van der Waals surface area contributed by atoms with Crippen molar-refractivity contribution >= 4 is 16.6 Å². The van der Waals surface area contributed by atoms with Gasteiger partial charge in [-0.2, -0.15) is 0 Å². The molecule has 5 rings (SSSR count). The molecule has 12 heteroatoms. The molecule has 2 saturated carbocycles. The van der Waals surface area contributed by atoms with Gasteiger partial charge in [0.1, 0.15) is 17.3 Å². The van der Waals surface area contributed by atoms with E-state index in [2.05, 4.69) is 0 Å². The second kappa shape index (κ2) is 7.96. The molecule has 34 heavy (non-hydrogen) atoms. The van der Waals surface area contributed by atoms with Crippen molar-refractivity contribution in [2.45, 2.75) is 56.6 Å². The van der Waals surface area contributed by atoms with E-state index in [0.717, 1.165) is 4.57 Å². The van der Waals surface area contributed by atoms with Crippen molar-refractivity contribution in [3.63, 3.8) is 0 Å². The Morgan fingerprint density at radius 3 is 2.50 bits per heavy atom. The highest BCUT2D eigenvalue weighted by molar-refractivity contribution is 5.94. The highest BCUT2D eigenvalue weighted by Gasteiger charge is 2.51. The summed E-state index contributed by atoms with van der Waals surface area (Å²) < 4.78 is 79.2. The third kappa shape index (κ3) is 3.40. The summed E-state index contributed by atoms with van der Waals surface area (Å²) in [7, 11) is 1.17. The maximum atomic E-state index is 15.7. The van der Waals surface area contributed by atoms with E-state index in [1.54, 1.807) is 0 Å². The lowest BCUT2D eigenvalue weighted by molar-refractivity contribution is -0.130. The lowest BCUT2D eigenvalue weighted by Gasteiger charge is -2.28. The fourth-order valence-corrected chi connectivity index (χ4v) is 5.64.